The number of hydrogen-bond acceptors (Lipinski definition) is 5. The van der Waals surface area contributed by atoms with Crippen LogP contribution in [0.3, 0.4) is 0 Å². The van der Waals surface area contributed by atoms with Gasteiger partial charge in [0, 0.05) is 26.3 Å². The highest BCUT2D eigenvalue weighted by atomic mass is 16.6. The summed E-state index contributed by atoms with van der Waals surface area (Å²) in [4.78, 5) is 12.6. The number of likely N-dealkylation sites (N-methyl/N-ethyl adjacent to an activating group) is 1. The Morgan fingerprint density at radius 2 is 2.30 bits per heavy atom. The molecule has 20 heavy (non-hydrogen) atoms. The molecule has 0 spiro atoms. The van der Waals surface area contributed by atoms with Gasteiger partial charge in [0.1, 0.15) is 5.69 Å². The summed E-state index contributed by atoms with van der Waals surface area (Å²) in [5, 5.41) is 20.2. The highest BCUT2D eigenvalue weighted by Gasteiger charge is 2.21. The van der Waals surface area contributed by atoms with Crippen LogP contribution in [0.1, 0.15) is 24.8 Å². The first-order valence-electron chi connectivity index (χ1n) is 6.82. The van der Waals surface area contributed by atoms with E-state index in [4.69, 9.17) is 9.84 Å². The van der Waals surface area contributed by atoms with Gasteiger partial charge >= 0.3 is 0 Å². The van der Waals surface area contributed by atoms with E-state index >= 15 is 0 Å². The van der Waals surface area contributed by atoms with Gasteiger partial charge in [-0.3, -0.25) is 10.1 Å². The lowest BCUT2D eigenvalue weighted by molar-refractivity contribution is -0.384. The summed E-state index contributed by atoms with van der Waals surface area (Å²) in [6.07, 6.45) is 3.36. The summed E-state index contributed by atoms with van der Waals surface area (Å²) in [6.45, 7) is 1.21. The maximum atomic E-state index is 11.2. The fourth-order valence-electron chi connectivity index (χ4n) is 2.49. The van der Waals surface area contributed by atoms with E-state index in [0.717, 1.165) is 25.9 Å². The van der Waals surface area contributed by atoms with Crippen molar-refractivity contribution in [1.82, 2.24) is 0 Å². The van der Waals surface area contributed by atoms with Gasteiger partial charge in [-0.1, -0.05) is 6.07 Å². The van der Waals surface area contributed by atoms with Gasteiger partial charge in [0.2, 0.25) is 0 Å². The molecule has 1 aromatic carbocycles. The van der Waals surface area contributed by atoms with Crippen LogP contribution in [0.4, 0.5) is 11.4 Å². The first-order chi connectivity index (χ1) is 9.61. The topological polar surface area (TPSA) is 75.8 Å². The number of rotatable bonds is 5. The summed E-state index contributed by atoms with van der Waals surface area (Å²) in [5.74, 6) is 0. The van der Waals surface area contributed by atoms with E-state index in [1.165, 1.54) is 6.07 Å². The minimum Gasteiger partial charge on any atom is -0.392 e. The lowest BCUT2D eigenvalue weighted by Crippen LogP contribution is -2.33. The van der Waals surface area contributed by atoms with Crippen molar-refractivity contribution in [1.29, 1.82) is 0 Å². The molecule has 0 bridgehead atoms. The predicted octanol–water partition coefficient (Wildman–Crippen LogP) is 2.09. The number of hydrogen-bond donors (Lipinski definition) is 1. The van der Waals surface area contributed by atoms with E-state index in [0.29, 0.717) is 17.8 Å². The number of ether oxygens (including phenoxy) is 1. The standard InChI is InChI=1S/C14H20N2O4/c1-15(9-12-4-2-3-7-20-12)13-6-5-11(10-17)8-14(13)16(18)19/h5-6,8,12,17H,2-4,7,9-10H2,1H3. The van der Waals surface area contributed by atoms with E-state index in [1.807, 2.05) is 11.9 Å². The third-order valence-electron chi connectivity index (χ3n) is 3.58. The van der Waals surface area contributed by atoms with Gasteiger partial charge in [0.05, 0.1) is 17.6 Å². The molecule has 110 valence electrons. The molecule has 1 heterocycles. The quantitative estimate of drug-likeness (QED) is 0.660. The molecule has 1 N–H and O–H groups in total. The Hall–Kier alpha value is -1.66. The molecule has 0 aliphatic carbocycles. The third kappa shape index (κ3) is 3.46. The Balaban J connectivity index is 2.15. The Morgan fingerprint density at radius 1 is 1.50 bits per heavy atom. The van der Waals surface area contributed by atoms with E-state index < -0.39 is 4.92 Å². The van der Waals surface area contributed by atoms with Gasteiger partial charge in [0.25, 0.3) is 5.69 Å². The third-order valence-corrected chi connectivity index (χ3v) is 3.58. The summed E-state index contributed by atoms with van der Waals surface area (Å²) < 4.78 is 5.66. The van der Waals surface area contributed by atoms with E-state index in [9.17, 15) is 10.1 Å². The molecule has 1 aliphatic heterocycles. The molecule has 1 aliphatic rings. The number of nitro benzene ring substituents is 1. The molecule has 1 unspecified atom stereocenters. The second kappa shape index (κ2) is 6.67. The lowest BCUT2D eigenvalue weighted by Gasteiger charge is -2.28. The van der Waals surface area contributed by atoms with Crippen LogP contribution in [-0.4, -0.2) is 36.3 Å². The zero-order chi connectivity index (χ0) is 14.5. The van der Waals surface area contributed by atoms with E-state index in [2.05, 4.69) is 0 Å². The minimum atomic E-state index is -0.410. The highest BCUT2D eigenvalue weighted by Crippen LogP contribution is 2.29. The Kier molecular flexibility index (Phi) is 4.92. The van der Waals surface area contributed by atoms with Crippen molar-refractivity contribution in [2.24, 2.45) is 0 Å². The van der Waals surface area contributed by atoms with Crippen molar-refractivity contribution in [2.75, 3.05) is 25.1 Å². The van der Waals surface area contributed by atoms with Gasteiger partial charge in [0.15, 0.2) is 0 Å². The van der Waals surface area contributed by atoms with Gasteiger partial charge in [-0.25, -0.2) is 0 Å². The molecule has 6 nitrogen and oxygen atoms in total. The number of anilines is 1. The van der Waals surface area contributed by atoms with Crippen molar-refractivity contribution in [3.63, 3.8) is 0 Å². The van der Waals surface area contributed by atoms with Crippen LogP contribution in [0.5, 0.6) is 0 Å². The van der Waals surface area contributed by atoms with E-state index in [1.54, 1.807) is 12.1 Å². The SMILES string of the molecule is CN(CC1CCCCO1)c1ccc(CO)cc1[N+](=O)[O-]. The first kappa shape index (κ1) is 14.7. The normalized spacial score (nSPS) is 18.8. The maximum absolute atomic E-state index is 11.2. The molecule has 1 aromatic rings. The molecule has 0 saturated carbocycles. The van der Waals surface area contributed by atoms with Gasteiger partial charge in [-0.15, -0.1) is 0 Å². The van der Waals surface area contributed by atoms with E-state index in [-0.39, 0.29) is 18.4 Å². The Morgan fingerprint density at radius 3 is 2.90 bits per heavy atom. The molecule has 1 saturated heterocycles. The fraction of sp³-hybridized carbons (Fsp3) is 0.571. The minimum absolute atomic E-state index is 0.0230. The molecule has 0 aromatic heterocycles. The van der Waals surface area contributed by atoms with Crippen LogP contribution in [-0.2, 0) is 11.3 Å². The lowest BCUT2D eigenvalue weighted by atomic mass is 10.1. The molecule has 2 rings (SSSR count). The number of benzene rings is 1. The predicted molar refractivity (Wildman–Crippen MR) is 75.9 cm³/mol. The first-order valence-corrected chi connectivity index (χ1v) is 6.82. The fourth-order valence-corrected chi connectivity index (χ4v) is 2.49. The van der Waals surface area contributed by atoms with Crippen LogP contribution in [0.25, 0.3) is 0 Å². The number of aliphatic hydroxyl groups excluding tert-OH is 1. The van der Waals surface area contributed by atoms with Gasteiger partial charge in [-0.05, 0) is 30.9 Å². The summed E-state index contributed by atoms with van der Waals surface area (Å²) in [7, 11) is 1.83. The van der Waals surface area contributed by atoms with Crippen LogP contribution in [0.2, 0.25) is 0 Å². The summed E-state index contributed by atoms with van der Waals surface area (Å²) in [6, 6.07) is 4.82. The van der Waals surface area contributed by atoms with Crippen LogP contribution >= 0.6 is 0 Å². The maximum Gasteiger partial charge on any atom is 0.292 e. The molecule has 0 radical (unpaired) electrons. The molecular weight excluding hydrogens is 260 g/mol. The summed E-state index contributed by atoms with van der Waals surface area (Å²) in [5.41, 5.74) is 1.12. The Bertz CT molecular complexity index is 472. The van der Waals surface area contributed by atoms with Gasteiger partial charge in [-0.2, -0.15) is 0 Å². The van der Waals surface area contributed by atoms with Crippen molar-refractivity contribution < 1.29 is 14.8 Å². The number of aliphatic hydroxyl groups is 1. The summed E-state index contributed by atoms with van der Waals surface area (Å²) >= 11 is 0. The molecule has 1 atom stereocenters. The van der Waals surface area contributed by atoms with Gasteiger partial charge < -0.3 is 14.7 Å². The average molecular weight is 280 g/mol. The largest absolute Gasteiger partial charge is 0.392 e. The van der Waals surface area contributed by atoms with Crippen LogP contribution in [0.15, 0.2) is 18.2 Å². The molecule has 6 heteroatoms. The molecule has 1 fully saturated rings. The monoisotopic (exact) mass is 280 g/mol. The van der Waals surface area contributed by atoms with Crippen molar-refractivity contribution in [3.8, 4) is 0 Å². The highest BCUT2D eigenvalue weighted by molar-refractivity contribution is 5.64. The van der Waals surface area contributed by atoms with Crippen molar-refractivity contribution in [3.05, 3.63) is 33.9 Å². The van der Waals surface area contributed by atoms with Crippen LogP contribution < -0.4 is 4.90 Å². The van der Waals surface area contributed by atoms with Crippen molar-refractivity contribution in [2.45, 2.75) is 32.0 Å². The molecule has 0 amide bonds. The average Bonchev–Trinajstić information content (AvgIpc) is 2.47. The second-order valence-corrected chi connectivity index (χ2v) is 5.11. The molecular formula is C14H20N2O4. The smallest absolute Gasteiger partial charge is 0.292 e. The van der Waals surface area contributed by atoms with Crippen LogP contribution in [0, 0.1) is 10.1 Å². The Labute approximate surface area is 118 Å². The number of nitrogens with zero attached hydrogens (tertiary/aromatic N) is 2. The van der Waals surface area contributed by atoms with Crippen molar-refractivity contribution >= 4 is 11.4 Å². The second-order valence-electron chi connectivity index (χ2n) is 5.11. The zero-order valence-electron chi connectivity index (χ0n) is 11.6. The zero-order valence-corrected chi connectivity index (χ0v) is 11.6. The number of nitro groups is 1.